The first-order valence-corrected chi connectivity index (χ1v) is 6.42. The lowest BCUT2D eigenvalue weighted by atomic mass is 9.88. The van der Waals surface area contributed by atoms with E-state index in [0.717, 1.165) is 0 Å². The summed E-state index contributed by atoms with van der Waals surface area (Å²) >= 11 is 0. The number of hydrogen-bond acceptors (Lipinski definition) is 3. The summed E-state index contributed by atoms with van der Waals surface area (Å²) in [5.74, 6) is -0.170. The summed E-state index contributed by atoms with van der Waals surface area (Å²) in [5, 5.41) is 3.22. The third-order valence-electron chi connectivity index (χ3n) is 2.33. The van der Waals surface area contributed by atoms with Gasteiger partial charge in [0, 0.05) is 6.04 Å². The number of nitrogens with one attached hydrogen (secondary N) is 1. The molecule has 86 valence electrons. The van der Waals surface area contributed by atoms with E-state index in [1.165, 1.54) is 0 Å². The van der Waals surface area contributed by atoms with E-state index in [4.69, 9.17) is 4.55 Å². The quantitative estimate of drug-likeness (QED) is 0.544. The Morgan fingerprint density at radius 1 is 1.36 bits per heavy atom. The van der Waals surface area contributed by atoms with Gasteiger partial charge in [-0.25, -0.2) is 0 Å². The zero-order valence-corrected chi connectivity index (χ0v) is 10.2. The fourth-order valence-electron chi connectivity index (χ4n) is 0.879. The first-order chi connectivity index (χ1) is 6.13. The third kappa shape index (κ3) is 7.29. The molecule has 0 saturated heterocycles. The summed E-state index contributed by atoms with van der Waals surface area (Å²) < 4.78 is 29.3. The van der Waals surface area contributed by atoms with E-state index in [0.29, 0.717) is 19.0 Å². The molecule has 0 aliphatic rings. The minimum absolute atomic E-state index is 0.165. The van der Waals surface area contributed by atoms with Gasteiger partial charge >= 0.3 is 0 Å². The smallest absolute Gasteiger partial charge is 0.264 e. The van der Waals surface area contributed by atoms with Gasteiger partial charge in [0.25, 0.3) is 10.1 Å². The maximum atomic E-state index is 10.4. The van der Waals surface area contributed by atoms with Gasteiger partial charge in [-0.15, -0.1) is 0 Å². The van der Waals surface area contributed by atoms with Crippen molar-refractivity contribution >= 4 is 10.1 Å². The molecule has 0 rings (SSSR count). The standard InChI is InChI=1S/C9H21NO3S/c1-8(9(2,3)4)10-6-5-7-14(11,12)13/h8,10H,5-7H2,1-4H3,(H,11,12,13)/t8-/m1/s1. The van der Waals surface area contributed by atoms with Gasteiger partial charge < -0.3 is 5.32 Å². The van der Waals surface area contributed by atoms with Gasteiger partial charge in [-0.1, -0.05) is 20.8 Å². The molecule has 0 unspecified atom stereocenters. The molecule has 0 amide bonds. The highest BCUT2D eigenvalue weighted by Crippen LogP contribution is 2.18. The predicted octanol–water partition coefficient (Wildman–Crippen LogP) is 1.29. The van der Waals surface area contributed by atoms with Gasteiger partial charge in [0.05, 0.1) is 5.75 Å². The van der Waals surface area contributed by atoms with Crippen LogP contribution in [0.2, 0.25) is 0 Å². The lowest BCUT2D eigenvalue weighted by Gasteiger charge is -2.28. The van der Waals surface area contributed by atoms with Crippen LogP contribution in [0.1, 0.15) is 34.1 Å². The molecule has 0 saturated carbocycles. The van der Waals surface area contributed by atoms with Crippen molar-refractivity contribution in [2.24, 2.45) is 5.41 Å². The zero-order chi connectivity index (χ0) is 11.4. The van der Waals surface area contributed by atoms with Crippen LogP contribution in [0.5, 0.6) is 0 Å². The van der Waals surface area contributed by atoms with Crippen molar-refractivity contribution in [1.82, 2.24) is 5.32 Å². The van der Waals surface area contributed by atoms with Gasteiger partial charge in [0.1, 0.15) is 0 Å². The number of rotatable bonds is 5. The molecule has 0 aromatic carbocycles. The summed E-state index contributed by atoms with van der Waals surface area (Å²) in [5.41, 5.74) is 0.165. The Balaban J connectivity index is 3.66. The van der Waals surface area contributed by atoms with Crippen LogP contribution in [0.4, 0.5) is 0 Å². The molecular weight excluding hydrogens is 202 g/mol. The average Bonchev–Trinajstić information content (AvgIpc) is 1.93. The summed E-state index contributed by atoms with van der Waals surface area (Å²) in [6.45, 7) is 9.03. The Kier molecular flexibility index (Phi) is 5.05. The molecule has 0 bridgehead atoms. The van der Waals surface area contributed by atoms with Crippen molar-refractivity contribution in [3.63, 3.8) is 0 Å². The van der Waals surface area contributed by atoms with Crippen LogP contribution in [0.15, 0.2) is 0 Å². The van der Waals surface area contributed by atoms with Crippen molar-refractivity contribution in [1.29, 1.82) is 0 Å². The summed E-state index contributed by atoms with van der Waals surface area (Å²) in [7, 11) is -3.80. The van der Waals surface area contributed by atoms with Crippen LogP contribution in [-0.4, -0.2) is 31.3 Å². The highest BCUT2D eigenvalue weighted by atomic mass is 32.2. The zero-order valence-electron chi connectivity index (χ0n) is 9.37. The molecule has 0 aliphatic carbocycles. The van der Waals surface area contributed by atoms with E-state index in [1.807, 2.05) is 0 Å². The van der Waals surface area contributed by atoms with Crippen LogP contribution in [0.3, 0.4) is 0 Å². The Morgan fingerprint density at radius 3 is 2.21 bits per heavy atom. The van der Waals surface area contributed by atoms with Crippen LogP contribution < -0.4 is 5.32 Å². The fraction of sp³-hybridized carbons (Fsp3) is 1.00. The Hall–Kier alpha value is -0.130. The molecule has 1 atom stereocenters. The van der Waals surface area contributed by atoms with E-state index in [1.54, 1.807) is 0 Å². The van der Waals surface area contributed by atoms with Crippen LogP contribution >= 0.6 is 0 Å². The Bertz CT molecular complexity index is 254. The SMILES string of the molecule is C[C@@H](NCCCS(=O)(=O)O)C(C)(C)C. The monoisotopic (exact) mass is 223 g/mol. The van der Waals surface area contributed by atoms with E-state index >= 15 is 0 Å². The van der Waals surface area contributed by atoms with Crippen molar-refractivity contribution in [3.8, 4) is 0 Å². The molecule has 2 N–H and O–H groups in total. The first kappa shape index (κ1) is 13.9. The second-order valence-electron chi connectivity index (χ2n) is 4.68. The molecular formula is C9H21NO3S. The van der Waals surface area contributed by atoms with Crippen LogP contribution in [0, 0.1) is 5.41 Å². The molecule has 5 heteroatoms. The van der Waals surface area contributed by atoms with Crippen molar-refractivity contribution in [2.45, 2.75) is 40.2 Å². The van der Waals surface area contributed by atoms with Gasteiger partial charge in [0.2, 0.25) is 0 Å². The minimum atomic E-state index is -3.80. The van der Waals surface area contributed by atoms with Crippen molar-refractivity contribution in [2.75, 3.05) is 12.3 Å². The fourth-order valence-corrected chi connectivity index (χ4v) is 1.39. The van der Waals surface area contributed by atoms with Gasteiger partial charge in [-0.05, 0) is 25.3 Å². The molecule has 0 radical (unpaired) electrons. The predicted molar refractivity (Wildman–Crippen MR) is 58.0 cm³/mol. The Labute approximate surface area is 86.8 Å². The molecule has 0 aromatic rings. The molecule has 14 heavy (non-hydrogen) atoms. The lowest BCUT2D eigenvalue weighted by molar-refractivity contribution is 0.287. The van der Waals surface area contributed by atoms with Gasteiger partial charge in [0.15, 0.2) is 0 Å². The highest BCUT2D eigenvalue weighted by Gasteiger charge is 2.18. The summed E-state index contributed by atoms with van der Waals surface area (Å²) in [6, 6.07) is 0.323. The first-order valence-electron chi connectivity index (χ1n) is 4.81. The van der Waals surface area contributed by atoms with Gasteiger partial charge in [-0.2, -0.15) is 8.42 Å². The largest absolute Gasteiger partial charge is 0.314 e. The maximum absolute atomic E-state index is 10.4. The maximum Gasteiger partial charge on any atom is 0.264 e. The summed E-state index contributed by atoms with van der Waals surface area (Å²) in [6.07, 6.45) is 0.444. The normalized spacial score (nSPS) is 15.5. The van der Waals surface area contributed by atoms with Crippen LogP contribution in [0.25, 0.3) is 0 Å². The van der Waals surface area contributed by atoms with Crippen LogP contribution in [-0.2, 0) is 10.1 Å². The highest BCUT2D eigenvalue weighted by molar-refractivity contribution is 7.85. The molecule has 0 aromatic heterocycles. The Morgan fingerprint density at radius 2 is 1.86 bits per heavy atom. The lowest BCUT2D eigenvalue weighted by Crippen LogP contribution is -2.38. The van der Waals surface area contributed by atoms with Gasteiger partial charge in [-0.3, -0.25) is 4.55 Å². The van der Waals surface area contributed by atoms with E-state index < -0.39 is 10.1 Å². The molecule has 0 heterocycles. The average molecular weight is 223 g/mol. The topological polar surface area (TPSA) is 66.4 Å². The molecule has 0 fully saturated rings. The minimum Gasteiger partial charge on any atom is -0.314 e. The van der Waals surface area contributed by atoms with E-state index in [2.05, 4.69) is 33.0 Å². The second-order valence-corrected chi connectivity index (χ2v) is 6.25. The van der Waals surface area contributed by atoms with Crippen molar-refractivity contribution < 1.29 is 13.0 Å². The summed E-state index contributed by atoms with van der Waals surface area (Å²) in [4.78, 5) is 0. The van der Waals surface area contributed by atoms with E-state index in [-0.39, 0.29) is 11.2 Å². The number of hydrogen-bond donors (Lipinski definition) is 2. The third-order valence-corrected chi connectivity index (χ3v) is 3.13. The van der Waals surface area contributed by atoms with E-state index in [9.17, 15) is 8.42 Å². The molecule has 4 nitrogen and oxygen atoms in total. The molecule has 0 spiro atoms. The molecule has 0 aliphatic heterocycles. The van der Waals surface area contributed by atoms with Crippen molar-refractivity contribution in [3.05, 3.63) is 0 Å². The second kappa shape index (κ2) is 5.09.